The lowest BCUT2D eigenvalue weighted by atomic mass is 10.1. The van der Waals surface area contributed by atoms with Crippen LogP contribution in [0.1, 0.15) is 30.1 Å². The van der Waals surface area contributed by atoms with E-state index in [2.05, 4.69) is 10.2 Å². The molecule has 1 aromatic carbocycles. The van der Waals surface area contributed by atoms with Crippen molar-refractivity contribution in [1.29, 1.82) is 0 Å². The van der Waals surface area contributed by atoms with Gasteiger partial charge in [-0.15, -0.1) is 0 Å². The van der Waals surface area contributed by atoms with Gasteiger partial charge >= 0.3 is 0 Å². The van der Waals surface area contributed by atoms with E-state index in [1.54, 1.807) is 6.92 Å². The second kappa shape index (κ2) is 7.66. The fourth-order valence-corrected chi connectivity index (χ4v) is 3.29. The zero-order chi connectivity index (χ0) is 16.9. The number of likely N-dealkylation sites (tertiary alicyclic amines) is 1. The van der Waals surface area contributed by atoms with Crippen LogP contribution >= 0.6 is 0 Å². The topological polar surface area (TPSA) is 61.9 Å². The largest absolute Gasteiger partial charge is 0.378 e. The number of hydrogen-bond donors (Lipinski definition) is 1. The first-order valence-corrected chi connectivity index (χ1v) is 8.68. The Labute approximate surface area is 142 Å². The van der Waals surface area contributed by atoms with Crippen molar-refractivity contribution in [1.82, 2.24) is 10.2 Å². The molecule has 2 heterocycles. The first-order valence-electron chi connectivity index (χ1n) is 8.68. The van der Waals surface area contributed by atoms with Crippen molar-refractivity contribution in [3.63, 3.8) is 0 Å². The summed E-state index contributed by atoms with van der Waals surface area (Å²) in [4.78, 5) is 29.1. The summed E-state index contributed by atoms with van der Waals surface area (Å²) >= 11 is 0. The lowest BCUT2D eigenvalue weighted by Gasteiger charge is -2.30. The quantitative estimate of drug-likeness (QED) is 0.902. The van der Waals surface area contributed by atoms with Gasteiger partial charge in [-0.25, -0.2) is 0 Å². The highest BCUT2D eigenvalue weighted by molar-refractivity contribution is 6.02. The molecule has 2 aliphatic rings. The third-order valence-electron chi connectivity index (χ3n) is 4.64. The van der Waals surface area contributed by atoms with E-state index in [0.717, 1.165) is 44.7 Å². The number of amides is 2. The third kappa shape index (κ3) is 3.70. The summed E-state index contributed by atoms with van der Waals surface area (Å²) in [5, 5.41) is 2.86. The molecule has 1 aromatic rings. The Morgan fingerprint density at radius 3 is 2.46 bits per heavy atom. The molecule has 0 unspecified atom stereocenters. The maximum absolute atomic E-state index is 12.7. The molecule has 0 aliphatic carbocycles. The average molecular weight is 331 g/mol. The molecular formula is C18H25N3O3. The molecule has 0 spiro atoms. The second-order valence-corrected chi connectivity index (χ2v) is 6.34. The Balaban J connectivity index is 1.69. The van der Waals surface area contributed by atoms with Crippen LogP contribution in [0.4, 0.5) is 5.69 Å². The van der Waals surface area contributed by atoms with E-state index in [9.17, 15) is 9.59 Å². The first-order chi connectivity index (χ1) is 11.7. The molecule has 1 atom stereocenters. The van der Waals surface area contributed by atoms with Crippen LogP contribution in [-0.2, 0) is 9.53 Å². The molecule has 3 rings (SSSR count). The number of rotatable bonds is 4. The van der Waals surface area contributed by atoms with Crippen LogP contribution in [0.2, 0.25) is 0 Å². The lowest BCUT2D eigenvalue weighted by molar-refractivity contribution is -0.131. The third-order valence-corrected chi connectivity index (χ3v) is 4.64. The highest BCUT2D eigenvalue weighted by atomic mass is 16.5. The Bertz CT molecular complexity index is 593. The number of carbonyl (C=O) groups is 2. The second-order valence-electron chi connectivity index (χ2n) is 6.34. The molecule has 2 fully saturated rings. The number of morpholine rings is 1. The summed E-state index contributed by atoms with van der Waals surface area (Å²) < 4.78 is 5.38. The number of nitrogens with one attached hydrogen (secondary N) is 1. The van der Waals surface area contributed by atoms with Crippen LogP contribution in [0, 0.1) is 0 Å². The fraction of sp³-hybridized carbons (Fsp3) is 0.556. The summed E-state index contributed by atoms with van der Waals surface area (Å²) in [7, 11) is 0. The zero-order valence-electron chi connectivity index (χ0n) is 14.2. The zero-order valence-corrected chi connectivity index (χ0v) is 14.2. The van der Waals surface area contributed by atoms with Crippen molar-refractivity contribution in [2.24, 2.45) is 0 Å². The molecule has 6 heteroatoms. The highest BCUT2D eigenvalue weighted by Crippen LogP contribution is 2.21. The van der Waals surface area contributed by atoms with Crippen LogP contribution in [0.5, 0.6) is 0 Å². The Hall–Kier alpha value is -2.08. The van der Waals surface area contributed by atoms with Crippen molar-refractivity contribution in [3.05, 3.63) is 29.8 Å². The highest BCUT2D eigenvalue weighted by Gasteiger charge is 2.26. The van der Waals surface area contributed by atoms with E-state index >= 15 is 0 Å². The van der Waals surface area contributed by atoms with Gasteiger partial charge in [-0.05, 0) is 31.9 Å². The molecule has 24 heavy (non-hydrogen) atoms. The van der Waals surface area contributed by atoms with Gasteiger partial charge in [-0.3, -0.25) is 9.59 Å². The van der Waals surface area contributed by atoms with Crippen LogP contribution < -0.4 is 10.2 Å². The smallest absolute Gasteiger partial charge is 0.254 e. The number of para-hydroxylation sites is 1. The summed E-state index contributed by atoms with van der Waals surface area (Å²) in [6, 6.07) is 7.04. The fourth-order valence-electron chi connectivity index (χ4n) is 3.29. The van der Waals surface area contributed by atoms with E-state index in [1.807, 2.05) is 29.2 Å². The molecule has 2 amide bonds. The Morgan fingerprint density at radius 1 is 1.08 bits per heavy atom. The van der Waals surface area contributed by atoms with Gasteiger partial charge in [0.05, 0.1) is 18.8 Å². The van der Waals surface area contributed by atoms with Gasteiger partial charge in [0.25, 0.3) is 5.91 Å². The van der Waals surface area contributed by atoms with Gasteiger partial charge in [0.15, 0.2) is 0 Å². The summed E-state index contributed by atoms with van der Waals surface area (Å²) in [6.45, 7) is 6.22. The van der Waals surface area contributed by atoms with Gasteiger partial charge in [-0.2, -0.15) is 0 Å². The van der Waals surface area contributed by atoms with E-state index in [1.165, 1.54) is 0 Å². The van der Waals surface area contributed by atoms with Gasteiger partial charge in [0.1, 0.15) is 6.04 Å². The average Bonchev–Trinajstić information content (AvgIpc) is 3.16. The SMILES string of the molecule is C[C@H](NC(=O)c1ccccc1N1CCOCC1)C(=O)N1CCCC1. The van der Waals surface area contributed by atoms with Crippen molar-refractivity contribution < 1.29 is 14.3 Å². The van der Waals surface area contributed by atoms with Gasteiger partial charge in [0, 0.05) is 31.9 Å². The number of benzene rings is 1. The maximum atomic E-state index is 12.7. The van der Waals surface area contributed by atoms with Crippen LogP contribution in [0.3, 0.4) is 0 Å². The molecular weight excluding hydrogens is 306 g/mol. The number of anilines is 1. The minimum absolute atomic E-state index is 0.00436. The van der Waals surface area contributed by atoms with Crippen molar-refractivity contribution >= 4 is 17.5 Å². The van der Waals surface area contributed by atoms with Gasteiger partial charge in [0.2, 0.25) is 5.91 Å². The van der Waals surface area contributed by atoms with Crippen molar-refractivity contribution in [2.75, 3.05) is 44.3 Å². The molecule has 1 N–H and O–H groups in total. The van der Waals surface area contributed by atoms with Crippen LogP contribution in [0.25, 0.3) is 0 Å². The van der Waals surface area contributed by atoms with Crippen molar-refractivity contribution in [3.8, 4) is 0 Å². The van der Waals surface area contributed by atoms with Crippen molar-refractivity contribution in [2.45, 2.75) is 25.8 Å². The lowest BCUT2D eigenvalue weighted by Crippen LogP contribution is -2.46. The molecule has 2 aliphatic heterocycles. The normalized spacial score (nSPS) is 19.2. The molecule has 2 saturated heterocycles. The van der Waals surface area contributed by atoms with Crippen LogP contribution in [-0.4, -0.2) is 62.1 Å². The monoisotopic (exact) mass is 331 g/mol. The molecule has 0 bridgehead atoms. The molecule has 0 aromatic heterocycles. The molecule has 130 valence electrons. The standard InChI is InChI=1S/C18H25N3O3/c1-14(18(23)21-8-4-5-9-21)19-17(22)15-6-2-3-7-16(15)20-10-12-24-13-11-20/h2-3,6-7,14H,4-5,8-13H2,1H3,(H,19,22)/t14-/m0/s1. The summed E-state index contributed by atoms with van der Waals surface area (Å²) in [5.74, 6) is -0.193. The van der Waals surface area contributed by atoms with E-state index in [-0.39, 0.29) is 11.8 Å². The van der Waals surface area contributed by atoms with E-state index in [0.29, 0.717) is 18.8 Å². The van der Waals surface area contributed by atoms with Crippen LogP contribution in [0.15, 0.2) is 24.3 Å². The maximum Gasteiger partial charge on any atom is 0.254 e. The minimum atomic E-state index is -0.506. The number of nitrogens with zero attached hydrogens (tertiary/aromatic N) is 2. The number of carbonyl (C=O) groups excluding carboxylic acids is 2. The first kappa shape index (κ1) is 16.8. The predicted molar refractivity (Wildman–Crippen MR) is 92.2 cm³/mol. The Morgan fingerprint density at radius 2 is 1.75 bits per heavy atom. The molecule has 0 radical (unpaired) electrons. The Kier molecular flexibility index (Phi) is 5.35. The minimum Gasteiger partial charge on any atom is -0.378 e. The molecule has 0 saturated carbocycles. The summed E-state index contributed by atoms with van der Waals surface area (Å²) in [6.07, 6.45) is 2.10. The predicted octanol–water partition coefficient (Wildman–Crippen LogP) is 1.26. The van der Waals surface area contributed by atoms with E-state index in [4.69, 9.17) is 4.74 Å². The summed E-state index contributed by atoms with van der Waals surface area (Å²) in [5.41, 5.74) is 1.51. The molecule has 6 nitrogen and oxygen atoms in total. The van der Waals surface area contributed by atoms with Gasteiger partial charge in [-0.1, -0.05) is 12.1 Å². The number of ether oxygens (including phenoxy) is 1. The van der Waals surface area contributed by atoms with E-state index < -0.39 is 6.04 Å². The van der Waals surface area contributed by atoms with Gasteiger partial charge < -0.3 is 19.9 Å². The number of hydrogen-bond acceptors (Lipinski definition) is 4.